The van der Waals surface area contributed by atoms with Crippen LogP contribution in [-0.2, 0) is 4.79 Å². The summed E-state index contributed by atoms with van der Waals surface area (Å²) in [5, 5.41) is 18.3. The summed E-state index contributed by atoms with van der Waals surface area (Å²) >= 11 is 0. The third-order valence-electron chi connectivity index (χ3n) is 3.43. The van der Waals surface area contributed by atoms with Crippen molar-refractivity contribution >= 4 is 5.97 Å². The van der Waals surface area contributed by atoms with E-state index in [1.54, 1.807) is 0 Å². The Morgan fingerprint density at radius 3 is 2.24 bits per heavy atom. The van der Waals surface area contributed by atoms with Crippen molar-refractivity contribution in [2.24, 2.45) is 0 Å². The Morgan fingerprint density at radius 2 is 1.57 bits per heavy atom. The first kappa shape index (κ1) is 19.9. The number of carboxylic acid groups (broad SMARTS) is 1. The molecule has 0 saturated carbocycles. The van der Waals surface area contributed by atoms with Crippen molar-refractivity contribution in [3.8, 4) is 0 Å². The van der Waals surface area contributed by atoms with Gasteiger partial charge < -0.3 is 10.2 Å². The van der Waals surface area contributed by atoms with Crippen LogP contribution in [0.25, 0.3) is 0 Å². The molecule has 0 heterocycles. The predicted octanol–water partition coefficient (Wildman–Crippen LogP) is 4.86. The Bertz CT molecular complexity index is 295. The van der Waals surface area contributed by atoms with Gasteiger partial charge in [0.2, 0.25) is 0 Å². The molecule has 3 nitrogen and oxygen atoms in total. The second-order valence-electron chi connectivity index (χ2n) is 5.53. The second-order valence-corrected chi connectivity index (χ2v) is 5.53. The van der Waals surface area contributed by atoms with Crippen molar-refractivity contribution < 1.29 is 15.0 Å². The maximum atomic E-state index is 10.3. The van der Waals surface area contributed by atoms with Gasteiger partial charge in [0.1, 0.15) is 0 Å². The maximum absolute atomic E-state index is 10.3. The predicted molar refractivity (Wildman–Crippen MR) is 88.4 cm³/mol. The molecule has 0 unspecified atom stereocenters. The van der Waals surface area contributed by atoms with Crippen LogP contribution in [0.1, 0.15) is 77.6 Å². The van der Waals surface area contributed by atoms with E-state index >= 15 is 0 Å². The van der Waals surface area contributed by atoms with Crippen molar-refractivity contribution in [1.82, 2.24) is 0 Å². The second kappa shape index (κ2) is 15.3. The van der Waals surface area contributed by atoms with E-state index < -0.39 is 5.97 Å². The first-order chi connectivity index (χ1) is 10.2. The Hall–Kier alpha value is -1.09. The molecular formula is C18H32O3. The Labute approximate surface area is 129 Å². The van der Waals surface area contributed by atoms with Crippen LogP contribution in [-0.4, -0.2) is 22.3 Å². The average molecular weight is 296 g/mol. The molecular weight excluding hydrogens is 264 g/mol. The van der Waals surface area contributed by atoms with Gasteiger partial charge in [0.25, 0.3) is 0 Å². The quantitative estimate of drug-likeness (QED) is 0.355. The van der Waals surface area contributed by atoms with Crippen LogP contribution in [0.2, 0.25) is 0 Å². The minimum Gasteiger partial charge on any atom is -0.481 e. The molecule has 0 saturated heterocycles. The molecule has 21 heavy (non-hydrogen) atoms. The average Bonchev–Trinajstić information content (AvgIpc) is 2.45. The number of hydrogen-bond acceptors (Lipinski definition) is 2. The highest BCUT2D eigenvalue weighted by Crippen LogP contribution is 2.11. The van der Waals surface area contributed by atoms with Gasteiger partial charge in [0.15, 0.2) is 0 Å². The zero-order valence-corrected chi connectivity index (χ0v) is 13.5. The number of unbranched alkanes of at least 4 members (excludes halogenated alkanes) is 5. The highest BCUT2D eigenvalue weighted by molar-refractivity contribution is 5.66. The van der Waals surface area contributed by atoms with Crippen LogP contribution < -0.4 is 0 Å². The molecule has 0 rings (SSSR count). The minimum atomic E-state index is -0.698. The highest BCUT2D eigenvalue weighted by Gasteiger charge is 2.01. The zero-order chi connectivity index (χ0) is 15.8. The molecule has 122 valence electrons. The lowest BCUT2D eigenvalue weighted by atomic mass is 10.0. The molecule has 0 aliphatic heterocycles. The van der Waals surface area contributed by atoms with Gasteiger partial charge in [0.05, 0.1) is 6.10 Å². The largest absolute Gasteiger partial charge is 0.481 e. The summed E-state index contributed by atoms with van der Waals surface area (Å²) in [6, 6.07) is 0. The number of aliphatic carboxylic acids is 1. The van der Waals surface area contributed by atoms with E-state index in [0.717, 1.165) is 64.2 Å². The molecule has 0 bridgehead atoms. The molecule has 2 N–H and O–H groups in total. The van der Waals surface area contributed by atoms with Crippen molar-refractivity contribution in [2.75, 3.05) is 0 Å². The number of aliphatic hydroxyl groups excluding tert-OH is 1. The van der Waals surface area contributed by atoms with E-state index in [2.05, 4.69) is 31.2 Å². The lowest BCUT2D eigenvalue weighted by molar-refractivity contribution is -0.137. The molecule has 0 radical (unpaired) electrons. The normalized spacial score (nSPS) is 13.2. The fourth-order valence-corrected chi connectivity index (χ4v) is 2.17. The number of aliphatic hydroxyl groups is 1. The summed E-state index contributed by atoms with van der Waals surface area (Å²) in [4.78, 5) is 10.3. The molecule has 0 aromatic rings. The third-order valence-corrected chi connectivity index (χ3v) is 3.43. The van der Waals surface area contributed by atoms with Gasteiger partial charge in [-0.3, -0.25) is 4.79 Å². The molecule has 0 fully saturated rings. The molecule has 0 aliphatic carbocycles. The standard InChI is InChI=1S/C18H32O3/c1-2-3-4-5-8-11-14-17(19)15-12-9-6-7-10-13-16-18(20)21/h3-4,8,11,17,19H,2,5-7,9-10,12-16H2,1H3,(H,20,21)/b4-3-,11-8-/t17-/m0/s1. The topological polar surface area (TPSA) is 57.5 Å². The molecule has 0 aromatic heterocycles. The maximum Gasteiger partial charge on any atom is 0.303 e. The fraction of sp³-hybridized carbons (Fsp3) is 0.722. The summed E-state index contributed by atoms with van der Waals surface area (Å²) < 4.78 is 0. The van der Waals surface area contributed by atoms with E-state index in [9.17, 15) is 9.90 Å². The van der Waals surface area contributed by atoms with Crippen LogP contribution >= 0.6 is 0 Å². The van der Waals surface area contributed by atoms with Gasteiger partial charge in [0, 0.05) is 6.42 Å². The van der Waals surface area contributed by atoms with Crippen molar-refractivity contribution in [1.29, 1.82) is 0 Å². The first-order valence-corrected chi connectivity index (χ1v) is 8.36. The monoisotopic (exact) mass is 296 g/mol. The summed E-state index contributed by atoms with van der Waals surface area (Å²) in [5.41, 5.74) is 0. The molecule has 3 heteroatoms. The smallest absolute Gasteiger partial charge is 0.303 e. The van der Waals surface area contributed by atoms with Gasteiger partial charge in [-0.1, -0.05) is 63.3 Å². The molecule has 1 atom stereocenters. The van der Waals surface area contributed by atoms with Crippen molar-refractivity contribution in [2.45, 2.75) is 83.7 Å². The van der Waals surface area contributed by atoms with Gasteiger partial charge in [-0.15, -0.1) is 0 Å². The number of carboxylic acids is 1. The summed E-state index contributed by atoms with van der Waals surface area (Å²) in [5.74, 6) is -0.698. The molecule has 0 aliphatic rings. The van der Waals surface area contributed by atoms with Gasteiger partial charge >= 0.3 is 5.97 Å². The van der Waals surface area contributed by atoms with E-state index in [-0.39, 0.29) is 6.10 Å². The summed E-state index contributed by atoms with van der Waals surface area (Å²) in [6.45, 7) is 2.12. The van der Waals surface area contributed by atoms with Gasteiger partial charge in [-0.25, -0.2) is 0 Å². The van der Waals surface area contributed by atoms with Gasteiger partial charge in [-0.2, -0.15) is 0 Å². The van der Waals surface area contributed by atoms with Crippen LogP contribution in [0.3, 0.4) is 0 Å². The minimum absolute atomic E-state index is 0.219. The highest BCUT2D eigenvalue weighted by atomic mass is 16.4. The Morgan fingerprint density at radius 1 is 0.952 bits per heavy atom. The van der Waals surface area contributed by atoms with E-state index in [1.807, 2.05) is 0 Å². The summed E-state index contributed by atoms with van der Waals surface area (Å²) in [7, 11) is 0. The number of hydrogen-bond donors (Lipinski definition) is 2. The molecule has 0 aromatic carbocycles. The zero-order valence-electron chi connectivity index (χ0n) is 13.5. The third kappa shape index (κ3) is 16.9. The fourth-order valence-electron chi connectivity index (χ4n) is 2.17. The molecule has 0 spiro atoms. The lowest BCUT2D eigenvalue weighted by Gasteiger charge is -2.07. The van der Waals surface area contributed by atoms with Gasteiger partial charge in [-0.05, 0) is 32.1 Å². The van der Waals surface area contributed by atoms with Crippen LogP contribution in [0.15, 0.2) is 24.3 Å². The Kier molecular flexibility index (Phi) is 14.5. The molecule has 0 amide bonds. The van der Waals surface area contributed by atoms with Crippen LogP contribution in [0, 0.1) is 0 Å². The first-order valence-electron chi connectivity index (χ1n) is 8.36. The Balaban J connectivity index is 3.31. The van der Waals surface area contributed by atoms with Crippen molar-refractivity contribution in [3.63, 3.8) is 0 Å². The summed E-state index contributed by atoms with van der Waals surface area (Å²) in [6.07, 6.45) is 18.4. The van der Waals surface area contributed by atoms with E-state index in [1.165, 1.54) is 0 Å². The van der Waals surface area contributed by atoms with E-state index in [0.29, 0.717) is 6.42 Å². The van der Waals surface area contributed by atoms with Crippen LogP contribution in [0.5, 0.6) is 0 Å². The van der Waals surface area contributed by atoms with Crippen molar-refractivity contribution in [3.05, 3.63) is 24.3 Å². The van der Waals surface area contributed by atoms with E-state index in [4.69, 9.17) is 5.11 Å². The number of rotatable bonds is 14. The SMILES string of the molecule is CC/C=C\C/C=C\C[C@H](O)CCCCCCCCC(=O)O. The lowest BCUT2D eigenvalue weighted by Crippen LogP contribution is -2.04. The number of allylic oxidation sites excluding steroid dienone is 3. The van der Waals surface area contributed by atoms with Crippen LogP contribution in [0.4, 0.5) is 0 Å². The number of carbonyl (C=O) groups is 1.